The molecule has 0 saturated heterocycles. The van der Waals surface area contributed by atoms with Gasteiger partial charge < -0.3 is 11.5 Å². The number of amides is 1. The fourth-order valence-electron chi connectivity index (χ4n) is 1.17. The van der Waals surface area contributed by atoms with Crippen molar-refractivity contribution in [2.24, 2.45) is 11.5 Å². The normalized spacial score (nSPS) is 12.1. The Morgan fingerprint density at radius 1 is 1.15 bits per heavy atom. The molecule has 0 bridgehead atoms. The largest absolute Gasteiger partial charge is 0.402 e. The van der Waals surface area contributed by atoms with E-state index in [0.29, 0.717) is 11.3 Å². The van der Waals surface area contributed by atoms with Gasteiger partial charge >= 0.3 is 0 Å². The minimum absolute atomic E-state index is 0.389. The second-order valence-corrected chi connectivity index (χ2v) is 2.79. The number of hydrogen-bond donors (Lipinski definition) is 2. The smallest absolute Gasteiger partial charge is 0.251 e. The van der Waals surface area contributed by atoms with E-state index in [0.717, 1.165) is 5.56 Å². The predicted octanol–water partition coefficient (Wildman–Crippen LogP) is 0.862. The van der Waals surface area contributed by atoms with E-state index >= 15 is 0 Å². The van der Waals surface area contributed by atoms with E-state index in [9.17, 15) is 4.79 Å². The van der Waals surface area contributed by atoms with Gasteiger partial charge in [-0.2, -0.15) is 0 Å². The van der Waals surface area contributed by atoms with Gasteiger partial charge in [0.05, 0.1) is 5.57 Å². The molecule has 0 heterocycles. The van der Waals surface area contributed by atoms with Crippen LogP contribution < -0.4 is 11.5 Å². The first kappa shape index (κ1) is 9.32. The third-order valence-electron chi connectivity index (χ3n) is 1.70. The van der Waals surface area contributed by atoms with Crippen molar-refractivity contribution in [2.45, 2.75) is 6.92 Å². The fraction of sp³-hybridized carbons (Fsp3) is 0.100. The van der Waals surface area contributed by atoms with Crippen molar-refractivity contribution in [3.05, 3.63) is 41.6 Å². The Hall–Kier alpha value is -1.77. The molecule has 1 aromatic rings. The molecule has 0 saturated carbocycles. The summed E-state index contributed by atoms with van der Waals surface area (Å²) in [7, 11) is 0. The molecule has 1 rings (SSSR count). The number of nitrogens with two attached hydrogens (primary N) is 2. The summed E-state index contributed by atoms with van der Waals surface area (Å²) in [6, 6.07) is 9.14. The lowest BCUT2D eigenvalue weighted by molar-refractivity contribution is -0.112. The number of carbonyl (C=O) groups is 1. The van der Waals surface area contributed by atoms with Crippen LogP contribution >= 0.6 is 0 Å². The van der Waals surface area contributed by atoms with E-state index in [-0.39, 0.29) is 0 Å². The summed E-state index contributed by atoms with van der Waals surface area (Å²) < 4.78 is 0. The molecule has 3 nitrogen and oxygen atoms in total. The number of primary amides is 1. The molecule has 1 amide bonds. The lowest BCUT2D eigenvalue weighted by atomic mass is 10.0. The summed E-state index contributed by atoms with van der Waals surface area (Å²) in [5.74, 6) is -0.494. The van der Waals surface area contributed by atoms with E-state index in [2.05, 4.69) is 0 Å². The molecule has 0 radical (unpaired) electrons. The molecule has 0 aromatic heterocycles. The van der Waals surface area contributed by atoms with Crippen LogP contribution in [0.25, 0.3) is 5.57 Å². The molecular formula is C10H12N2O. The Kier molecular flexibility index (Phi) is 2.69. The highest BCUT2D eigenvalue weighted by molar-refractivity contribution is 6.19. The van der Waals surface area contributed by atoms with E-state index < -0.39 is 5.91 Å². The topological polar surface area (TPSA) is 69.1 Å². The highest BCUT2D eigenvalue weighted by Gasteiger charge is 2.09. The van der Waals surface area contributed by atoms with Crippen LogP contribution in [-0.2, 0) is 4.79 Å². The standard InChI is InChI=1S/C10H12N2O/c1-7(11)9(10(12)13)8-5-3-2-4-6-8/h2-6H,11H2,1H3,(H2,12,13). The average Bonchev–Trinajstić information content (AvgIpc) is 2.04. The maximum Gasteiger partial charge on any atom is 0.251 e. The second kappa shape index (κ2) is 3.76. The van der Waals surface area contributed by atoms with Gasteiger partial charge in [-0.15, -0.1) is 0 Å². The first-order valence-electron chi connectivity index (χ1n) is 3.94. The molecule has 68 valence electrons. The van der Waals surface area contributed by atoms with Crippen LogP contribution in [0.5, 0.6) is 0 Å². The molecule has 0 aliphatic rings. The maximum absolute atomic E-state index is 11.0. The number of hydrogen-bond acceptors (Lipinski definition) is 2. The van der Waals surface area contributed by atoms with Gasteiger partial charge in [-0.3, -0.25) is 4.79 Å². The number of rotatable bonds is 2. The molecule has 4 N–H and O–H groups in total. The van der Waals surface area contributed by atoms with Crippen LogP contribution in [0.1, 0.15) is 12.5 Å². The van der Waals surface area contributed by atoms with Crippen LogP contribution in [-0.4, -0.2) is 5.91 Å². The summed E-state index contributed by atoms with van der Waals surface area (Å²) in [4.78, 5) is 11.0. The lowest BCUT2D eigenvalue weighted by Crippen LogP contribution is -2.16. The first-order chi connectivity index (χ1) is 6.13. The Morgan fingerprint density at radius 2 is 1.69 bits per heavy atom. The van der Waals surface area contributed by atoms with Crippen molar-refractivity contribution < 1.29 is 4.79 Å². The molecule has 3 heteroatoms. The third-order valence-corrected chi connectivity index (χ3v) is 1.70. The third kappa shape index (κ3) is 2.08. The van der Waals surface area contributed by atoms with Gasteiger partial charge in [-0.05, 0) is 12.5 Å². The van der Waals surface area contributed by atoms with E-state index in [1.54, 1.807) is 19.1 Å². The molecule has 0 atom stereocenters. The van der Waals surface area contributed by atoms with Crippen molar-refractivity contribution in [1.82, 2.24) is 0 Å². The van der Waals surface area contributed by atoms with Crippen LogP contribution in [0.2, 0.25) is 0 Å². The van der Waals surface area contributed by atoms with Gasteiger partial charge in [-0.1, -0.05) is 30.3 Å². The first-order valence-corrected chi connectivity index (χ1v) is 3.94. The lowest BCUT2D eigenvalue weighted by Gasteiger charge is -2.04. The van der Waals surface area contributed by atoms with E-state index in [4.69, 9.17) is 11.5 Å². The van der Waals surface area contributed by atoms with Crippen LogP contribution in [0.3, 0.4) is 0 Å². The molecule has 13 heavy (non-hydrogen) atoms. The highest BCUT2D eigenvalue weighted by atomic mass is 16.1. The van der Waals surface area contributed by atoms with Gasteiger partial charge in [0.2, 0.25) is 0 Å². The average molecular weight is 176 g/mol. The number of carbonyl (C=O) groups excluding carboxylic acids is 1. The monoisotopic (exact) mass is 176 g/mol. The summed E-state index contributed by atoms with van der Waals surface area (Å²) in [5, 5.41) is 0. The van der Waals surface area contributed by atoms with Crippen molar-refractivity contribution in [3.63, 3.8) is 0 Å². The zero-order valence-corrected chi connectivity index (χ0v) is 7.45. The SMILES string of the molecule is CC(N)=C(C(N)=O)c1ccccc1. The van der Waals surface area contributed by atoms with Gasteiger partial charge in [0, 0.05) is 5.70 Å². The zero-order valence-electron chi connectivity index (χ0n) is 7.45. The Labute approximate surface area is 77.0 Å². The van der Waals surface area contributed by atoms with Crippen molar-refractivity contribution in [2.75, 3.05) is 0 Å². The Balaban J connectivity index is 3.20. The minimum Gasteiger partial charge on any atom is -0.402 e. The summed E-state index contributed by atoms with van der Waals surface area (Å²) >= 11 is 0. The quantitative estimate of drug-likeness (QED) is 0.656. The molecular weight excluding hydrogens is 164 g/mol. The van der Waals surface area contributed by atoms with Crippen LogP contribution in [0, 0.1) is 0 Å². The van der Waals surface area contributed by atoms with Gasteiger partial charge in [0.25, 0.3) is 5.91 Å². The Morgan fingerprint density at radius 3 is 2.08 bits per heavy atom. The van der Waals surface area contributed by atoms with Gasteiger partial charge in [-0.25, -0.2) is 0 Å². The van der Waals surface area contributed by atoms with Crippen LogP contribution in [0.15, 0.2) is 36.0 Å². The maximum atomic E-state index is 11.0. The summed E-state index contributed by atoms with van der Waals surface area (Å²) in [6.07, 6.45) is 0. The van der Waals surface area contributed by atoms with E-state index in [1.807, 2.05) is 18.2 Å². The van der Waals surface area contributed by atoms with E-state index in [1.165, 1.54) is 0 Å². The highest BCUT2D eigenvalue weighted by Crippen LogP contribution is 2.14. The molecule has 0 spiro atoms. The fourth-order valence-corrected chi connectivity index (χ4v) is 1.17. The molecule has 0 unspecified atom stereocenters. The number of benzene rings is 1. The molecule has 0 aliphatic carbocycles. The van der Waals surface area contributed by atoms with Gasteiger partial charge in [0.1, 0.15) is 0 Å². The van der Waals surface area contributed by atoms with Crippen molar-refractivity contribution in [1.29, 1.82) is 0 Å². The Bertz CT molecular complexity index is 337. The predicted molar refractivity (Wildman–Crippen MR) is 52.4 cm³/mol. The molecule has 0 fully saturated rings. The zero-order chi connectivity index (χ0) is 9.84. The second-order valence-electron chi connectivity index (χ2n) is 2.79. The van der Waals surface area contributed by atoms with Crippen molar-refractivity contribution in [3.8, 4) is 0 Å². The number of allylic oxidation sites excluding steroid dienone is 1. The summed E-state index contributed by atoms with van der Waals surface area (Å²) in [6.45, 7) is 1.66. The van der Waals surface area contributed by atoms with Gasteiger partial charge in [0.15, 0.2) is 0 Å². The van der Waals surface area contributed by atoms with Crippen molar-refractivity contribution >= 4 is 11.5 Å². The van der Waals surface area contributed by atoms with Crippen LogP contribution in [0.4, 0.5) is 0 Å². The summed E-state index contributed by atoms with van der Waals surface area (Å²) in [5.41, 5.74) is 12.3. The molecule has 0 aliphatic heterocycles. The molecule has 1 aromatic carbocycles. The minimum atomic E-state index is -0.494.